The van der Waals surface area contributed by atoms with Crippen molar-refractivity contribution in [2.45, 2.75) is 58.0 Å². The first kappa shape index (κ1) is 13.7. The number of nitrogens with zero attached hydrogens (tertiary/aromatic N) is 2. The quantitative estimate of drug-likeness (QED) is 0.775. The van der Waals surface area contributed by atoms with Crippen LogP contribution >= 0.6 is 0 Å². The van der Waals surface area contributed by atoms with Gasteiger partial charge in [-0.3, -0.25) is 9.78 Å². The lowest BCUT2D eigenvalue weighted by Gasteiger charge is -2.46. The molecule has 2 unspecified atom stereocenters. The summed E-state index contributed by atoms with van der Waals surface area (Å²) in [7, 11) is 2.23. The predicted octanol–water partition coefficient (Wildman–Crippen LogP) is 3.14. The van der Waals surface area contributed by atoms with E-state index in [1.54, 1.807) is 0 Å². The lowest BCUT2D eigenvalue weighted by Crippen LogP contribution is -2.51. The summed E-state index contributed by atoms with van der Waals surface area (Å²) < 4.78 is 0. The van der Waals surface area contributed by atoms with Crippen molar-refractivity contribution < 1.29 is 4.79 Å². The molecule has 3 nitrogen and oxygen atoms in total. The Bertz CT molecular complexity index is 491. The van der Waals surface area contributed by atoms with Crippen LogP contribution in [0.25, 0.3) is 0 Å². The summed E-state index contributed by atoms with van der Waals surface area (Å²) in [6.07, 6.45) is 5.91. The molecule has 3 heteroatoms. The molecule has 2 atom stereocenters. The Morgan fingerprint density at radius 3 is 2.25 bits per heavy atom. The molecular formula is C17H24N2O. The molecule has 20 heavy (non-hydrogen) atoms. The van der Waals surface area contributed by atoms with Crippen molar-refractivity contribution in [1.82, 2.24) is 9.88 Å². The Kier molecular flexibility index (Phi) is 3.63. The van der Waals surface area contributed by atoms with E-state index in [1.807, 2.05) is 26.0 Å². The molecule has 0 aromatic carbocycles. The number of aromatic nitrogens is 1. The van der Waals surface area contributed by atoms with Gasteiger partial charge in [0.05, 0.1) is 0 Å². The highest BCUT2D eigenvalue weighted by molar-refractivity contribution is 5.98. The molecule has 2 aliphatic heterocycles. The maximum absolute atomic E-state index is 12.8. The van der Waals surface area contributed by atoms with E-state index in [9.17, 15) is 4.79 Å². The first-order valence-corrected chi connectivity index (χ1v) is 7.76. The fraction of sp³-hybridized carbons (Fsp3) is 0.647. The summed E-state index contributed by atoms with van der Waals surface area (Å²) in [6, 6.07) is 5.12. The number of hydrogen-bond acceptors (Lipinski definition) is 3. The molecule has 108 valence electrons. The molecule has 0 saturated carbocycles. The van der Waals surface area contributed by atoms with Gasteiger partial charge in [-0.1, -0.05) is 6.42 Å². The van der Waals surface area contributed by atoms with Crippen molar-refractivity contribution in [3.63, 3.8) is 0 Å². The molecule has 2 aliphatic rings. The average Bonchev–Trinajstić information content (AvgIpc) is 2.36. The van der Waals surface area contributed by atoms with E-state index in [1.165, 1.54) is 19.3 Å². The van der Waals surface area contributed by atoms with E-state index in [4.69, 9.17) is 0 Å². The third-order valence-electron chi connectivity index (χ3n) is 5.08. The number of Topliss-reactive ketones (excluding diaryl/α,β-unsaturated/α-hetero) is 1. The van der Waals surface area contributed by atoms with Crippen LogP contribution in [0.15, 0.2) is 12.1 Å². The number of carbonyl (C=O) groups is 1. The van der Waals surface area contributed by atoms with Gasteiger partial charge >= 0.3 is 0 Å². The summed E-state index contributed by atoms with van der Waals surface area (Å²) in [5, 5.41) is 0. The second kappa shape index (κ2) is 5.28. The SMILES string of the molecule is Cc1cc(C(=O)C2CC3CCCC(C2)N3C)cc(C)n1. The minimum Gasteiger partial charge on any atom is -0.300 e. The first-order valence-electron chi connectivity index (χ1n) is 7.76. The Morgan fingerprint density at radius 2 is 1.70 bits per heavy atom. The number of piperidine rings is 2. The van der Waals surface area contributed by atoms with Crippen molar-refractivity contribution in [3.8, 4) is 0 Å². The van der Waals surface area contributed by atoms with Crippen LogP contribution in [-0.4, -0.2) is 34.8 Å². The number of hydrogen-bond donors (Lipinski definition) is 0. The van der Waals surface area contributed by atoms with Gasteiger partial charge in [-0.05, 0) is 58.7 Å². The third kappa shape index (κ3) is 2.51. The molecular weight excluding hydrogens is 248 g/mol. The van der Waals surface area contributed by atoms with Gasteiger partial charge in [-0.15, -0.1) is 0 Å². The Balaban J connectivity index is 1.81. The fourth-order valence-corrected chi connectivity index (χ4v) is 4.04. The van der Waals surface area contributed by atoms with Crippen molar-refractivity contribution in [3.05, 3.63) is 29.1 Å². The van der Waals surface area contributed by atoms with Gasteiger partial charge in [0, 0.05) is 35.0 Å². The van der Waals surface area contributed by atoms with Gasteiger partial charge in [0.15, 0.2) is 5.78 Å². The zero-order chi connectivity index (χ0) is 14.3. The van der Waals surface area contributed by atoms with E-state index in [2.05, 4.69) is 16.9 Å². The zero-order valence-electron chi connectivity index (χ0n) is 12.7. The molecule has 0 spiro atoms. The number of pyridine rings is 1. The molecule has 0 N–H and O–H groups in total. The summed E-state index contributed by atoms with van der Waals surface area (Å²) in [5.74, 6) is 0.547. The van der Waals surface area contributed by atoms with Crippen LogP contribution in [0.2, 0.25) is 0 Å². The zero-order valence-corrected chi connectivity index (χ0v) is 12.7. The minimum atomic E-state index is 0.211. The number of ketones is 1. The van der Waals surface area contributed by atoms with Gasteiger partial charge in [-0.2, -0.15) is 0 Å². The number of aryl methyl sites for hydroxylation is 2. The predicted molar refractivity (Wildman–Crippen MR) is 80.0 cm³/mol. The molecule has 1 aromatic rings. The second-order valence-electron chi connectivity index (χ2n) is 6.58. The molecule has 2 bridgehead atoms. The van der Waals surface area contributed by atoms with Gasteiger partial charge in [-0.25, -0.2) is 0 Å². The summed E-state index contributed by atoms with van der Waals surface area (Å²) in [5.41, 5.74) is 2.76. The van der Waals surface area contributed by atoms with Crippen molar-refractivity contribution in [2.24, 2.45) is 5.92 Å². The minimum absolute atomic E-state index is 0.211. The Hall–Kier alpha value is -1.22. The van der Waals surface area contributed by atoms with Crippen LogP contribution in [0.4, 0.5) is 0 Å². The van der Waals surface area contributed by atoms with Crippen LogP contribution in [0, 0.1) is 19.8 Å². The van der Waals surface area contributed by atoms with E-state index < -0.39 is 0 Å². The lowest BCUT2D eigenvalue weighted by molar-refractivity contribution is 0.0338. The maximum Gasteiger partial charge on any atom is 0.166 e. The lowest BCUT2D eigenvalue weighted by atomic mass is 9.76. The van der Waals surface area contributed by atoms with Crippen LogP contribution in [0.1, 0.15) is 53.8 Å². The van der Waals surface area contributed by atoms with E-state index in [0.717, 1.165) is 29.8 Å². The molecule has 2 fully saturated rings. The normalized spacial score (nSPS) is 30.2. The number of rotatable bonds is 2. The van der Waals surface area contributed by atoms with Gasteiger partial charge in [0.25, 0.3) is 0 Å². The largest absolute Gasteiger partial charge is 0.300 e. The highest BCUT2D eigenvalue weighted by Gasteiger charge is 2.38. The van der Waals surface area contributed by atoms with Crippen LogP contribution in [0.5, 0.6) is 0 Å². The second-order valence-corrected chi connectivity index (χ2v) is 6.58. The highest BCUT2D eigenvalue weighted by atomic mass is 16.1. The molecule has 2 saturated heterocycles. The van der Waals surface area contributed by atoms with E-state index >= 15 is 0 Å². The van der Waals surface area contributed by atoms with Crippen molar-refractivity contribution in [1.29, 1.82) is 0 Å². The smallest absolute Gasteiger partial charge is 0.166 e. The Labute approximate surface area is 121 Å². The fourth-order valence-electron chi connectivity index (χ4n) is 4.04. The summed E-state index contributed by atoms with van der Waals surface area (Å²) in [4.78, 5) is 19.7. The summed E-state index contributed by atoms with van der Waals surface area (Å²) in [6.45, 7) is 3.93. The average molecular weight is 272 g/mol. The van der Waals surface area contributed by atoms with E-state index in [0.29, 0.717) is 17.9 Å². The highest BCUT2D eigenvalue weighted by Crippen LogP contribution is 2.37. The Morgan fingerprint density at radius 1 is 1.15 bits per heavy atom. The molecule has 1 aromatic heterocycles. The summed E-state index contributed by atoms with van der Waals surface area (Å²) >= 11 is 0. The molecule has 0 amide bonds. The van der Waals surface area contributed by atoms with E-state index in [-0.39, 0.29) is 5.92 Å². The van der Waals surface area contributed by atoms with Crippen molar-refractivity contribution in [2.75, 3.05) is 7.05 Å². The van der Waals surface area contributed by atoms with Crippen LogP contribution in [-0.2, 0) is 0 Å². The monoisotopic (exact) mass is 272 g/mol. The van der Waals surface area contributed by atoms with Gasteiger partial charge in [0.2, 0.25) is 0 Å². The molecule has 3 rings (SSSR count). The maximum atomic E-state index is 12.8. The van der Waals surface area contributed by atoms with Gasteiger partial charge in [0.1, 0.15) is 0 Å². The van der Waals surface area contributed by atoms with Gasteiger partial charge < -0.3 is 4.90 Å². The molecule has 3 heterocycles. The number of fused-ring (bicyclic) bond motifs is 2. The van der Waals surface area contributed by atoms with Crippen LogP contribution in [0.3, 0.4) is 0 Å². The van der Waals surface area contributed by atoms with Crippen LogP contribution < -0.4 is 0 Å². The molecule has 0 aliphatic carbocycles. The number of carbonyl (C=O) groups excluding carboxylic acids is 1. The topological polar surface area (TPSA) is 33.2 Å². The van der Waals surface area contributed by atoms with Crippen molar-refractivity contribution >= 4 is 5.78 Å². The first-order chi connectivity index (χ1) is 9.54. The molecule has 0 radical (unpaired) electrons. The standard InChI is InChI=1S/C17H24N2O/c1-11-7-13(8-12(2)18-11)17(20)14-9-15-5-4-6-16(10-14)19(15)3/h7-8,14-16H,4-6,9-10H2,1-3H3. The third-order valence-corrected chi connectivity index (χ3v) is 5.08.